The molecule has 0 heterocycles. The average Bonchev–Trinajstić information content (AvgIpc) is 2.28. The molecule has 1 aromatic rings. The first kappa shape index (κ1) is 13.7. The van der Waals surface area contributed by atoms with Crippen LogP contribution in [0.4, 0.5) is 5.69 Å². The van der Waals surface area contributed by atoms with Crippen molar-refractivity contribution in [2.75, 3.05) is 5.32 Å². The molecule has 1 amide bonds. The van der Waals surface area contributed by atoms with Crippen LogP contribution in [0.25, 0.3) is 0 Å². The Labute approximate surface area is 103 Å². The van der Waals surface area contributed by atoms with E-state index in [9.17, 15) is 4.79 Å². The normalized spacial score (nSPS) is 14.5. The molecule has 3 N–H and O–H groups in total. The van der Waals surface area contributed by atoms with Gasteiger partial charge in [-0.2, -0.15) is 0 Å². The number of carbonyl (C=O) groups excluding carboxylic acids is 1. The third kappa shape index (κ3) is 3.86. The Kier molecular flexibility index (Phi) is 4.70. The van der Waals surface area contributed by atoms with Crippen LogP contribution in [0.2, 0.25) is 0 Å². The van der Waals surface area contributed by atoms with Gasteiger partial charge in [-0.05, 0) is 30.5 Å². The molecule has 0 aliphatic rings. The number of nitrogens with two attached hydrogens (primary N) is 1. The molecule has 2 unspecified atom stereocenters. The van der Waals surface area contributed by atoms with Gasteiger partial charge in [0.15, 0.2) is 0 Å². The Hall–Kier alpha value is -1.35. The minimum atomic E-state index is -0.181. The van der Waals surface area contributed by atoms with Crippen LogP contribution in [-0.4, -0.2) is 11.9 Å². The molecular weight excluding hydrogens is 212 g/mol. The van der Waals surface area contributed by atoms with Gasteiger partial charge in [-0.3, -0.25) is 4.79 Å². The number of nitrogens with one attached hydrogen (secondary N) is 1. The fraction of sp³-hybridized carbons (Fsp3) is 0.500. The third-order valence-corrected chi connectivity index (χ3v) is 3.05. The number of hydrogen-bond acceptors (Lipinski definition) is 2. The molecule has 17 heavy (non-hydrogen) atoms. The summed E-state index contributed by atoms with van der Waals surface area (Å²) >= 11 is 0. The summed E-state index contributed by atoms with van der Waals surface area (Å²) in [4.78, 5) is 11.8. The second-order valence-electron chi connectivity index (χ2n) is 4.91. The maximum absolute atomic E-state index is 11.8. The number of anilines is 1. The van der Waals surface area contributed by atoms with Gasteiger partial charge >= 0.3 is 0 Å². The lowest BCUT2D eigenvalue weighted by Gasteiger charge is -2.15. The van der Waals surface area contributed by atoms with E-state index in [1.54, 1.807) is 0 Å². The highest BCUT2D eigenvalue weighted by Crippen LogP contribution is 2.17. The average molecular weight is 234 g/mol. The summed E-state index contributed by atoms with van der Waals surface area (Å²) in [6, 6.07) is 7.81. The van der Waals surface area contributed by atoms with Crippen LogP contribution >= 0.6 is 0 Å². The molecule has 1 rings (SSSR count). The summed E-state index contributed by atoms with van der Waals surface area (Å²) in [5.41, 5.74) is 7.79. The zero-order chi connectivity index (χ0) is 13.0. The van der Waals surface area contributed by atoms with Gasteiger partial charge in [-0.15, -0.1) is 0 Å². The van der Waals surface area contributed by atoms with Crippen LogP contribution < -0.4 is 11.1 Å². The molecule has 0 spiro atoms. The topological polar surface area (TPSA) is 55.1 Å². The monoisotopic (exact) mass is 234 g/mol. The summed E-state index contributed by atoms with van der Waals surface area (Å²) in [6.07, 6.45) is 0. The van der Waals surface area contributed by atoms with Crippen molar-refractivity contribution in [1.29, 1.82) is 0 Å². The fourth-order valence-electron chi connectivity index (χ4n) is 1.45. The van der Waals surface area contributed by atoms with Gasteiger partial charge < -0.3 is 11.1 Å². The summed E-state index contributed by atoms with van der Waals surface area (Å²) < 4.78 is 0. The van der Waals surface area contributed by atoms with E-state index >= 15 is 0 Å². The van der Waals surface area contributed by atoms with Crippen molar-refractivity contribution < 1.29 is 4.79 Å². The van der Waals surface area contributed by atoms with E-state index in [1.807, 2.05) is 38.1 Å². The minimum absolute atomic E-state index is 0.0303. The van der Waals surface area contributed by atoms with Crippen molar-refractivity contribution in [3.8, 4) is 0 Å². The first-order valence-electron chi connectivity index (χ1n) is 6.08. The second kappa shape index (κ2) is 5.82. The molecule has 94 valence electrons. The lowest BCUT2D eigenvalue weighted by atomic mass is 10.0. The largest absolute Gasteiger partial charge is 0.327 e. The van der Waals surface area contributed by atoms with Crippen molar-refractivity contribution in [1.82, 2.24) is 0 Å². The molecule has 0 radical (unpaired) electrons. The van der Waals surface area contributed by atoms with Crippen LogP contribution in [0, 0.1) is 5.92 Å². The number of hydrogen-bond donors (Lipinski definition) is 2. The van der Waals surface area contributed by atoms with Gasteiger partial charge in [0, 0.05) is 11.7 Å². The van der Waals surface area contributed by atoms with Crippen LogP contribution in [0.5, 0.6) is 0 Å². The second-order valence-corrected chi connectivity index (χ2v) is 4.91. The molecule has 0 saturated carbocycles. The predicted molar refractivity (Wildman–Crippen MR) is 72.0 cm³/mol. The Morgan fingerprint density at radius 2 is 1.65 bits per heavy atom. The van der Waals surface area contributed by atoms with Gasteiger partial charge in [0.2, 0.25) is 5.91 Å². The Balaban J connectivity index is 2.66. The van der Waals surface area contributed by atoms with Crippen LogP contribution in [-0.2, 0) is 4.79 Å². The molecule has 0 aliphatic heterocycles. The maximum atomic E-state index is 11.8. The van der Waals surface area contributed by atoms with E-state index < -0.39 is 0 Å². The van der Waals surface area contributed by atoms with E-state index in [-0.39, 0.29) is 17.9 Å². The number of amides is 1. The molecule has 0 bridgehead atoms. The number of benzene rings is 1. The molecule has 0 aromatic heterocycles. The van der Waals surface area contributed by atoms with Crippen molar-refractivity contribution in [2.45, 2.75) is 39.7 Å². The molecule has 3 nitrogen and oxygen atoms in total. The molecular formula is C14H22N2O. The smallest absolute Gasteiger partial charge is 0.228 e. The van der Waals surface area contributed by atoms with Crippen LogP contribution in [0.3, 0.4) is 0 Å². The Morgan fingerprint density at radius 1 is 1.12 bits per heavy atom. The summed E-state index contributed by atoms with van der Waals surface area (Å²) in [7, 11) is 0. The van der Waals surface area contributed by atoms with E-state index in [1.165, 1.54) is 5.56 Å². The molecule has 0 aliphatic carbocycles. The summed E-state index contributed by atoms with van der Waals surface area (Å²) in [6.45, 7) is 7.96. The quantitative estimate of drug-likeness (QED) is 0.841. The van der Waals surface area contributed by atoms with Crippen molar-refractivity contribution in [3.05, 3.63) is 29.8 Å². The van der Waals surface area contributed by atoms with E-state index in [2.05, 4.69) is 19.2 Å². The van der Waals surface area contributed by atoms with Crippen LogP contribution in [0.1, 0.15) is 39.2 Å². The zero-order valence-corrected chi connectivity index (χ0v) is 11.0. The highest BCUT2D eigenvalue weighted by atomic mass is 16.1. The molecule has 0 fully saturated rings. The van der Waals surface area contributed by atoms with Gasteiger partial charge in [0.05, 0.1) is 5.92 Å². The molecule has 0 saturated heterocycles. The molecule has 2 atom stereocenters. The highest BCUT2D eigenvalue weighted by molar-refractivity contribution is 5.92. The minimum Gasteiger partial charge on any atom is -0.327 e. The maximum Gasteiger partial charge on any atom is 0.228 e. The number of rotatable bonds is 4. The Morgan fingerprint density at radius 3 is 2.06 bits per heavy atom. The highest BCUT2D eigenvalue weighted by Gasteiger charge is 2.16. The first-order valence-corrected chi connectivity index (χ1v) is 6.08. The first-order chi connectivity index (χ1) is 7.91. The van der Waals surface area contributed by atoms with Gasteiger partial charge in [0.25, 0.3) is 0 Å². The lowest BCUT2D eigenvalue weighted by Crippen LogP contribution is -2.34. The van der Waals surface area contributed by atoms with Gasteiger partial charge in [0.1, 0.15) is 0 Å². The lowest BCUT2D eigenvalue weighted by molar-refractivity contribution is -0.119. The van der Waals surface area contributed by atoms with Gasteiger partial charge in [-0.1, -0.05) is 32.9 Å². The fourth-order valence-corrected chi connectivity index (χ4v) is 1.45. The standard InChI is InChI=1S/C14H22N2O/c1-9(2)12-5-7-13(8-6-12)16-14(17)10(3)11(4)15/h5-11H,15H2,1-4H3,(H,16,17). The van der Waals surface area contributed by atoms with Crippen molar-refractivity contribution in [2.24, 2.45) is 11.7 Å². The van der Waals surface area contributed by atoms with E-state index in [0.717, 1.165) is 5.69 Å². The third-order valence-electron chi connectivity index (χ3n) is 3.05. The SMILES string of the molecule is CC(C)c1ccc(NC(=O)C(C)C(C)N)cc1. The van der Waals surface area contributed by atoms with E-state index in [0.29, 0.717) is 5.92 Å². The van der Waals surface area contributed by atoms with E-state index in [4.69, 9.17) is 5.73 Å². The van der Waals surface area contributed by atoms with Crippen LogP contribution in [0.15, 0.2) is 24.3 Å². The summed E-state index contributed by atoms with van der Waals surface area (Å²) in [5, 5.41) is 2.87. The molecule has 3 heteroatoms. The van der Waals surface area contributed by atoms with Crippen molar-refractivity contribution >= 4 is 11.6 Å². The number of carbonyl (C=O) groups is 1. The van der Waals surface area contributed by atoms with Gasteiger partial charge in [-0.25, -0.2) is 0 Å². The zero-order valence-electron chi connectivity index (χ0n) is 11.0. The Bertz CT molecular complexity index is 368. The molecule has 1 aromatic carbocycles. The van der Waals surface area contributed by atoms with Crippen molar-refractivity contribution in [3.63, 3.8) is 0 Å². The summed E-state index contributed by atoms with van der Waals surface area (Å²) in [5.74, 6) is 0.291. The predicted octanol–water partition coefficient (Wildman–Crippen LogP) is 2.73.